The Morgan fingerprint density at radius 3 is 2.78 bits per heavy atom. The molecule has 1 aliphatic heterocycles. The van der Waals surface area contributed by atoms with E-state index in [9.17, 15) is 8.78 Å². The average molecular weight is 493 g/mol. The van der Waals surface area contributed by atoms with Crippen molar-refractivity contribution in [1.82, 2.24) is 29.4 Å². The van der Waals surface area contributed by atoms with Gasteiger partial charge in [-0.3, -0.25) is 4.90 Å². The van der Waals surface area contributed by atoms with E-state index in [0.29, 0.717) is 35.8 Å². The van der Waals surface area contributed by atoms with Crippen LogP contribution in [0.15, 0.2) is 35.6 Å². The van der Waals surface area contributed by atoms with Crippen LogP contribution >= 0.6 is 0 Å². The number of imidazole rings is 1. The van der Waals surface area contributed by atoms with E-state index in [0.717, 1.165) is 30.4 Å². The molecule has 3 aromatic heterocycles. The van der Waals surface area contributed by atoms with E-state index in [4.69, 9.17) is 5.21 Å². The zero-order valence-electron chi connectivity index (χ0n) is 20.2. The van der Waals surface area contributed by atoms with Gasteiger partial charge in [-0.1, -0.05) is 6.07 Å². The summed E-state index contributed by atoms with van der Waals surface area (Å²) in [5.74, 6) is 0.186. The zero-order valence-corrected chi connectivity index (χ0v) is 20.2. The first-order valence-electron chi connectivity index (χ1n) is 11.7. The molecule has 0 bridgehead atoms. The second-order valence-electron chi connectivity index (χ2n) is 9.05. The predicted octanol–water partition coefficient (Wildman–Crippen LogP) is 4.62. The number of nitrogens with one attached hydrogen (secondary N) is 1. The number of hydrogen-bond acceptors (Lipinski definition) is 8. The molecule has 0 radical (unpaired) electrons. The summed E-state index contributed by atoms with van der Waals surface area (Å²) in [4.78, 5) is 19.6. The Balaban J connectivity index is 1.44. The molecule has 1 aliphatic rings. The molecule has 0 unspecified atom stereocenters. The lowest BCUT2D eigenvalue weighted by Crippen LogP contribution is -2.32. The molecule has 1 aromatic carbocycles. The molecular weight excluding hydrogens is 466 g/mol. The molecule has 0 saturated heterocycles. The van der Waals surface area contributed by atoms with Gasteiger partial charge in [0.25, 0.3) is 0 Å². The molecule has 9 nitrogen and oxygen atoms in total. The van der Waals surface area contributed by atoms with Gasteiger partial charge in [0.1, 0.15) is 22.9 Å². The topological polar surface area (TPSA) is 104 Å². The summed E-state index contributed by atoms with van der Waals surface area (Å²) in [6, 6.07) is 6.79. The Morgan fingerprint density at radius 1 is 1.17 bits per heavy atom. The summed E-state index contributed by atoms with van der Waals surface area (Å²) < 4.78 is 31.6. The van der Waals surface area contributed by atoms with Crippen LogP contribution in [0.4, 0.5) is 20.5 Å². The fourth-order valence-electron chi connectivity index (χ4n) is 4.65. The second kappa shape index (κ2) is 9.57. The summed E-state index contributed by atoms with van der Waals surface area (Å²) in [5, 5.41) is 14.7. The van der Waals surface area contributed by atoms with Crippen LogP contribution in [-0.4, -0.2) is 53.9 Å². The molecule has 0 spiro atoms. The minimum absolute atomic E-state index is 0.0124. The van der Waals surface area contributed by atoms with Gasteiger partial charge in [-0.25, -0.2) is 28.7 Å². The van der Waals surface area contributed by atoms with Crippen molar-refractivity contribution < 1.29 is 14.0 Å². The first kappa shape index (κ1) is 23.7. The van der Waals surface area contributed by atoms with Gasteiger partial charge in [0, 0.05) is 43.4 Å². The number of rotatable bonds is 6. The maximum atomic E-state index is 14.9. The molecule has 0 aliphatic carbocycles. The average Bonchev–Trinajstić information content (AvgIpc) is 3.20. The molecule has 0 atom stereocenters. The summed E-state index contributed by atoms with van der Waals surface area (Å²) in [5.41, 5.74) is 3.15. The van der Waals surface area contributed by atoms with Gasteiger partial charge in [-0.15, -0.1) is 5.16 Å². The zero-order chi connectivity index (χ0) is 25.4. The standard InChI is InChI=1S/C25H26F2N8O/c1-14(2)35-15(3)30-24-18(26)10-17(11-21(24)35)23-19(27)12-28-25(33-23)32-22-5-4-16-13-34(9-7-29-36)8-6-20(16)31-22/h4-5,7,10-12,14,36H,6,8-9,13H2,1-3H3,(H,28,31,32,33). The van der Waals surface area contributed by atoms with E-state index in [-0.39, 0.29) is 23.2 Å². The van der Waals surface area contributed by atoms with Crippen molar-refractivity contribution in [2.24, 2.45) is 5.16 Å². The van der Waals surface area contributed by atoms with Crippen molar-refractivity contribution in [2.45, 2.75) is 39.8 Å². The number of hydrogen-bond donors (Lipinski definition) is 2. The van der Waals surface area contributed by atoms with Crippen molar-refractivity contribution in [3.63, 3.8) is 0 Å². The Labute approximate surface area is 206 Å². The first-order chi connectivity index (χ1) is 17.3. The van der Waals surface area contributed by atoms with E-state index < -0.39 is 11.6 Å². The van der Waals surface area contributed by atoms with Crippen LogP contribution in [0, 0.1) is 18.6 Å². The summed E-state index contributed by atoms with van der Waals surface area (Å²) in [6.45, 7) is 7.83. The number of oxime groups is 1. The van der Waals surface area contributed by atoms with Crippen LogP contribution in [0.3, 0.4) is 0 Å². The van der Waals surface area contributed by atoms with Gasteiger partial charge >= 0.3 is 0 Å². The number of halogens is 2. The van der Waals surface area contributed by atoms with Crippen molar-refractivity contribution in [3.05, 3.63) is 59.2 Å². The smallest absolute Gasteiger partial charge is 0.229 e. The fourth-order valence-corrected chi connectivity index (χ4v) is 4.65. The normalized spacial score (nSPS) is 14.2. The van der Waals surface area contributed by atoms with Crippen LogP contribution in [0.5, 0.6) is 0 Å². The molecule has 2 N–H and O–H groups in total. The van der Waals surface area contributed by atoms with Crippen molar-refractivity contribution in [2.75, 3.05) is 18.4 Å². The molecule has 5 rings (SSSR count). The molecule has 0 amide bonds. The van der Waals surface area contributed by atoms with Gasteiger partial charge in [0.05, 0.1) is 17.9 Å². The van der Waals surface area contributed by atoms with Crippen LogP contribution < -0.4 is 5.32 Å². The Bertz CT molecular complexity index is 1470. The van der Waals surface area contributed by atoms with Gasteiger partial charge in [-0.2, -0.15) is 0 Å². The van der Waals surface area contributed by atoms with Gasteiger partial charge < -0.3 is 15.1 Å². The molecular formula is C25H26F2N8O. The van der Waals surface area contributed by atoms with Crippen LogP contribution in [0.25, 0.3) is 22.3 Å². The third kappa shape index (κ3) is 4.49. The number of aromatic nitrogens is 5. The minimum atomic E-state index is -0.656. The van der Waals surface area contributed by atoms with Gasteiger partial charge in [0.15, 0.2) is 11.6 Å². The molecule has 36 heavy (non-hydrogen) atoms. The monoisotopic (exact) mass is 492 g/mol. The maximum absolute atomic E-state index is 14.9. The predicted molar refractivity (Wildman–Crippen MR) is 133 cm³/mol. The Morgan fingerprint density at radius 2 is 2.00 bits per heavy atom. The third-order valence-electron chi connectivity index (χ3n) is 6.25. The number of nitrogens with zero attached hydrogens (tertiary/aromatic N) is 7. The number of anilines is 2. The van der Waals surface area contributed by atoms with Gasteiger partial charge in [0.2, 0.25) is 5.95 Å². The lowest BCUT2D eigenvalue weighted by Gasteiger charge is -2.26. The highest BCUT2D eigenvalue weighted by Gasteiger charge is 2.20. The first-order valence-corrected chi connectivity index (χ1v) is 11.7. The number of aryl methyl sites for hydroxylation is 1. The quantitative estimate of drug-likeness (QED) is 0.230. The van der Waals surface area contributed by atoms with Crippen LogP contribution in [0.1, 0.15) is 37.0 Å². The molecule has 0 saturated carbocycles. The Hall–Kier alpha value is -3.99. The van der Waals surface area contributed by atoms with E-state index in [1.165, 1.54) is 12.3 Å². The van der Waals surface area contributed by atoms with Gasteiger partial charge in [-0.05, 0) is 44.5 Å². The van der Waals surface area contributed by atoms with Crippen molar-refractivity contribution >= 4 is 29.0 Å². The van der Waals surface area contributed by atoms with Crippen LogP contribution in [-0.2, 0) is 13.0 Å². The Kier molecular flexibility index (Phi) is 6.31. The lowest BCUT2D eigenvalue weighted by molar-refractivity contribution is 0.280. The molecule has 11 heteroatoms. The van der Waals surface area contributed by atoms with Crippen molar-refractivity contribution in [1.29, 1.82) is 0 Å². The fraction of sp³-hybridized carbons (Fsp3) is 0.320. The molecule has 4 aromatic rings. The number of pyridine rings is 1. The largest absolute Gasteiger partial charge is 0.411 e. The molecule has 0 fully saturated rings. The van der Waals surface area contributed by atoms with E-state index in [2.05, 4.69) is 35.3 Å². The van der Waals surface area contributed by atoms with E-state index in [1.807, 2.05) is 37.5 Å². The summed E-state index contributed by atoms with van der Waals surface area (Å²) in [6.07, 6.45) is 3.26. The highest BCUT2D eigenvalue weighted by Crippen LogP contribution is 2.30. The maximum Gasteiger partial charge on any atom is 0.229 e. The minimum Gasteiger partial charge on any atom is -0.411 e. The summed E-state index contributed by atoms with van der Waals surface area (Å²) >= 11 is 0. The summed E-state index contributed by atoms with van der Waals surface area (Å²) in [7, 11) is 0. The van der Waals surface area contributed by atoms with Crippen LogP contribution in [0.2, 0.25) is 0 Å². The number of benzene rings is 1. The van der Waals surface area contributed by atoms with E-state index >= 15 is 0 Å². The molecule has 4 heterocycles. The number of fused-ring (bicyclic) bond motifs is 2. The highest BCUT2D eigenvalue weighted by atomic mass is 19.1. The second-order valence-corrected chi connectivity index (χ2v) is 9.05. The van der Waals surface area contributed by atoms with Crippen molar-refractivity contribution in [3.8, 4) is 11.3 Å². The molecule has 186 valence electrons. The highest BCUT2D eigenvalue weighted by molar-refractivity contribution is 5.83. The van der Waals surface area contributed by atoms with E-state index in [1.54, 1.807) is 6.07 Å². The third-order valence-corrected chi connectivity index (χ3v) is 6.25. The SMILES string of the molecule is Cc1nc2c(F)cc(-c3nc(Nc4ccc5c(n4)CCN(CC=NO)C5)ncc3F)cc2n1C(C)C. The lowest BCUT2D eigenvalue weighted by atomic mass is 10.1.